The van der Waals surface area contributed by atoms with E-state index in [1.807, 2.05) is 12.4 Å². The second-order valence-electron chi connectivity index (χ2n) is 16.5. The SMILES string of the molecule is CCC1(Cc2ccccc2N2c3ncc(C(C)(C)C)nc3N(c3ccccc3)C2C)c2ccccc2N2c3ncccc3N(C(C)C)C2C1(C)CC. The summed E-state index contributed by atoms with van der Waals surface area (Å²) >= 11 is 0. The molecular weight excluding hydrogens is 639 g/mol. The molecule has 0 saturated heterocycles. The summed E-state index contributed by atoms with van der Waals surface area (Å²) in [6.45, 7) is 20.9. The quantitative estimate of drug-likeness (QED) is 0.168. The van der Waals surface area contributed by atoms with Crippen molar-refractivity contribution in [3.05, 3.63) is 120 Å². The van der Waals surface area contributed by atoms with E-state index >= 15 is 0 Å². The van der Waals surface area contributed by atoms with E-state index in [-0.39, 0.29) is 28.6 Å². The molecule has 52 heavy (non-hydrogen) atoms. The zero-order chi connectivity index (χ0) is 36.6. The molecule has 3 aliphatic heterocycles. The number of fused-ring (bicyclic) bond motifs is 6. The zero-order valence-corrected chi connectivity index (χ0v) is 32.3. The second-order valence-corrected chi connectivity index (χ2v) is 16.5. The highest BCUT2D eigenvalue weighted by Crippen LogP contribution is 2.64. The van der Waals surface area contributed by atoms with Crippen molar-refractivity contribution in [3.8, 4) is 0 Å². The third kappa shape index (κ3) is 4.80. The van der Waals surface area contributed by atoms with Crippen molar-refractivity contribution in [1.82, 2.24) is 15.0 Å². The molecule has 0 radical (unpaired) electrons. The maximum atomic E-state index is 5.34. The summed E-state index contributed by atoms with van der Waals surface area (Å²) < 4.78 is 0. The summed E-state index contributed by atoms with van der Waals surface area (Å²) in [7, 11) is 0. The van der Waals surface area contributed by atoms with Crippen LogP contribution in [0.2, 0.25) is 0 Å². The van der Waals surface area contributed by atoms with Crippen LogP contribution in [0.3, 0.4) is 0 Å². The average Bonchev–Trinajstić information content (AvgIpc) is 3.66. The van der Waals surface area contributed by atoms with Gasteiger partial charge in [0.05, 0.1) is 17.6 Å². The van der Waals surface area contributed by atoms with E-state index < -0.39 is 0 Å². The van der Waals surface area contributed by atoms with Gasteiger partial charge in [-0.15, -0.1) is 0 Å². The molecule has 8 rings (SSSR count). The largest absolute Gasteiger partial charge is 0.345 e. The van der Waals surface area contributed by atoms with E-state index in [9.17, 15) is 0 Å². The predicted octanol–water partition coefficient (Wildman–Crippen LogP) is 10.8. The highest BCUT2D eigenvalue weighted by atomic mass is 15.5. The van der Waals surface area contributed by atoms with Gasteiger partial charge < -0.3 is 19.6 Å². The summed E-state index contributed by atoms with van der Waals surface area (Å²) in [5.41, 5.74) is 8.08. The Hall–Kier alpha value is -4.91. The minimum Gasteiger partial charge on any atom is -0.345 e. The summed E-state index contributed by atoms with van der Waals surface area (Å²) in [5.74, 6) is 2.88. The molecule has 0 bridgehead atoms. The van der Waals surface area contributed by atoms with E-state index in [4.69, 9.17) is 15.0 Å². The van der Waals surface area contributed by atoms with Gasteiger partial charge in [0.1, 0.15) is 12.3 Å². The third-order valence-electron chi connectivity index (χ3n) is 12.5. The summed E-state index contributed by atoms with van der Waals surface area (Å²) in [6.07, 6.45) is 6.91. The standard InChI is InChI=1S/C45H53N7/c1-10-44(9)42-49(30(3)4)37-26-19-27-46-39(37)52(42)36-25-18-16-23-34(36)45(44,11-2)28-32-20-15-17-24-35(32)51-31(5)50(33-21-13-12-14-22-33)41-40(51)47-29-38(48-41)43(6,7)8/h12-27,29-31,42H,10-11,28H2,1-9H3. The van der Waals surface area contributed by atoms with Crippen molar-refractivity contribution in [1.29, 1.82) is 0 Å². The number of hydrogen-bond donors (Lipinski definition) is 0. The van der Waals surface area contributed by atoms with Crippen molar-refractivity contribution in [2.45, 2.75) is 111 Å². The van der Waals surface area contributed by atoms with Crippen LogP contribution in [0.4, 0.5) is 40.2 Å². The molecule has 4 unspecified atom stereocenters. The van der Waals surface area contributed by atoms with E-state index in [2.05, 4.69) is 173 Å². The minimum atomic E-state index is -0.183. The van der Waals surface area contributed by atoms with Crippen LogP contribution in [0.25, 0.3) is 0 Å². The molecule has 0 fully saturated rings. The lowest BCUT2D eigenvalue weighted by molar-refractivity contribution is 0.0744. The van der Waals surface area contributed by atoms with Gasteiger partial charge in [-0.1, -0.05) is 96.1 Å². The Balaban J connectivity index is 1.31. The van der Waals surface area contributed by atoms with Gasteiger partial charge in [-0.05, 0) is 87.6 Å². The second kappa shape index (κ2) is 12.4. The number of nitrogens with zero attached hydrogens (tertiary/aromatic N) is 7. The molecule has 5 aromatic rings. The molecule has 3 aromatic carbocycles. The number of para-hydroxylation sites is 3. The van der Waals surface area contributed by atoms with Crippen LogP contribution in [0, 0.1) is 5.41 Å². The first-order valence-electron chi connectivity index (χ1n) is 19.2. The van der Waals surface area contributed by atoms with Gasteiger partial charge in [0.2, 0.25) is 0 Å². The fourth-order valence-corrected chi connectivity index (χ4v) is 9.72. The van der Waals surface area contributed by atoms with Gasteiger partial charge in [0.25, 0.3) is 0 Å². The molecule has 268 valence electrons. The van der Waals surface area contributed by atoms with Gasteiger partial charge in [-0.25, -0.2) is 15.0 Å². The first kappa shape index (κ1) is 34.2. The maximum Gasteiger partial charge on any atom is 0.178 e. The zero-order valence-electron chi connectivity index (χ0n) is 32.3. The van der Waals surface area contributed by atoms with Gasteiger partial charge in [0, 0.05) is 45.5 Å². The van der Waals surface area contributed by atoms with Crippen LogP contribution in [-0.4, -0.2) is 33.3 Å². The van der Waals surface area contributed by atoms with E-state index in [1.54, 1.807) is 0 Å². The van der Waals surface area contributed by atoms with Gasteiger partial charge >= 0.3 is 0 Å². The van der Waals surface area contributed by atoms with Crippen LogP contribution in [0.1, 0.15) is 92.0 Å². The van der Waals surface area contributed by atoms with Gasteiger partial charge in [0.15, 0.2) is 17.5 Å². The third-order valence-corrected chi connectivity index (χ3v) is 12.5. The lowest BCUT2D eigenvalue weighted by Gasteiger charge is -2.61. The van der Waals surface area contributed by atoms with Crippen LogP contribution < -0.4 is 19.6 Å². The van der Waals surface area contributed by atoms with Crippen molar-refractivity contribution >= 4 is 40.2 Å². The van der Waals surface area contributed by atoms with Crippen LogP contribution in [0.5, 0.6) is 0 Å². The molecule has 0 amide bonds. The fraction of sp³-hybridized carbons (Fsp3) is 0.400. The molecule has 7 heteroatoms. The maximum absolute atomic E-state index is 5.34. The number of benzene rings is 3. The number of rotatable bonds is 7. The average molecular weight is 692 g/mol. The van der Waals surface area contributed by atoms with Crippen LogP contribution in [0.15, 0.2) is 103 Å². The Labute approximate surface area is 310 Å². The van der Waals surface area contributed by atoms with Crippen molar-refractivity contribution in [2.75, 3.05) is 19.6 Å². The summed E-state index contributed by atoms with van der Waals surface area (Å²) in [5, 5.41) is 0. The number of aromatic nitrogens is 3. The Morgan fingerprint density at radius 3 is 2.08 bits per heavy atom. The Bertz CT molecular complexity index is 2100. The van der Waals surface area contributed by atoms with Crippen molar-refractivity contribution < 1.29 is 0 Å². The van der Waals surface area contributed by atoms with Crippen LogP contribution in [-0.2, 0) is 17.3 Å². The number of hydrogen-bond acceptors (Lipinski definition) is 7. The fourth-order valence-electron chi connectivity index (χ4n) is 9.72. The topological polar surface area (TPSA) is 51.6 Å². The van der Waals surface area contributed by atoms with E-state index in [0.717, 1.165) is 48.1 Å². The normalized spacial score (nSPS) is 23.5. The molecule has 5 heterocycles. The van der Waals surface area contributed by atoms with Crippen molar-refractivity contribution in [2.24, 2.45) is 5.41 Å². The molecule has 7 nitrogen and oxygen atoms in total. The highest BCUT2D eigenvalue weighted by molar-refractivity contribution is 5.86. The molecule has 0 N–H and O–H groups in total. The first-order valence-corrected chi connectivity index (χ1v) is 19.2. The lowest BCUT2D eigenvalue weighted by Crippen LogP contribution is -2.65. The van der Waals surface area contributed by atoms with E-state index in [1.165, 1.54) is 28.2 Å². The molecule has 0 aliphatic carbocycles. The highest BCUT2D eigenvalue weighted by Gasteiger charge is 2.62. The summed E-state index contributed by atoms with van der Waals surface area (Å²) in [6, 6.07) is 33.5. The predicted molar refractivity (Wildman–Crippen MR) is 216 cm³/mol. The molecule has 0 spiro atoms. The van der Waals surface area contributed by atoms with E-state index in [0.29, 0.717) is 6.04 Å². The van der Waals surface area contributed by atoms with Gasteiger partial charge in [-0.2, -0.15) is 0 Å². The van der Waals surface area contributed by atoms with Gasteiger partial charge in [-0.3, -0.25) is 0 Å². The minimum absolute atomic E-state index is 0.0372. The van der Waals surface area contributed by atoms with Crippen LogP contribution >= 0.6 is 0 Å². The first-order chi connectivity index (χ1) is 25.0. The Morgan fingerprint density at radius 1 is 0.712 bits per heavy atom. The molecular formula is C45H53N7. The Morgan fingerprint density at radius 2 is 1.38 bits per heavy atom. The smallest absolute Gasteiger partial charge is 0.178 e. The molecule has 0 saturated carbocycles. The molecule has 4 atom stereocenters. The number of pyridine rings is 1. The summed E-state index contributed by atoms with van der Waals surface area (Å²) in [4.78, 5) is 25.6. The number of anilines is 7. The Kier molecular flexibility index (Phi) is 8.12. The van der Waals surface area contributed by atoms with Crippen molar-refractivity contribution in [3.63, 3.8) is 0 Å². The molecule has 2 aromatic heterocycles. The monoisotopic (exact) mass is 691 g/mol. The molecule has 3 aliphatic rings. The lowest BCUT2D eigenvalue weighted by atomic mass is 9.52.